The van der Waals surface area contributed by atoms with Crippen molar-refractivity contribution in [2.75, 3.05) is 19.0 Å². The predicted octanol–water partition coefficient (Wildman–Crippen LogP) is 2.37. The van der Waals surface area contributed by atoms with Crippen LogP contribution in [0.5, 0.6) is 0 Å². The van der Waals surface area contributed by atoms with Crippen molar-refractivity contribution in [2.45, 2.75) is 13.0 Å². The molecular weight excluding hydrogens is 346 g/mol. The maximum absolute atomic E-state index is 13.2. The molecule has 0 aliphatic carbocycles. The number of hydrazine groups is 1. The zero-order chi connectivity index (χ0) is 16.8. The molecule has 1 aliphatic rings. The Balaban J connectivity index is 2.03. The third kappa shape index (κ3) is 2.41. The zero-order valence-electron chi connectivity index (χ0n) is 13.0. The van der Waals surface area contributed by atoms with E-state index in [1.165, 1.54) is 9.44 Å². The van der Waals surface area contributed by atoms with Crippen molar-refractivity contribution in [1.82, 2.24) is 14.5 Å². The van der Waals surface area contributed by atoms with E-state index in [-0.39, 0.29) is 5.56 Å². The van der Waals surface area contributed by atoms with E-state index in [9.17, 15) is 4.79 Å². The number of hydrogen-bond acceptors (Lipinski definition) is 6. The molecule has 0 radical (unpaired) electrons. The highest BCUT2D eigenvalue weighted by atomic mass is 35.5. The molecule has 1 aliphatic heterocycles. The Labute approximate surface area is 147 Å². The molecule has 6 nitrogen and oxygen atoms in total. The van der Waals surface area contributed by atoms with Gasteiger partial charge in [-0.05, 0) is 37.2 Å². The molecule has 2 aromatic heterocycles. The summed E-state index contributed by atoms with van der Waals surface area (Å²) in [5.74, 6) is 5.93. The number of rotatable bonds is 2. The number of aromatic nitrogens is 2. The summed E-state index contributed by atoms with van der Waals surface area (Å²) in [7, 11) is 2.08. The summed E-state index contributed by atoms with van der Waals surface area (Å²) >= 11 is 7.65. The number of fused-ring (bicyclic) bond motifs is 3. The van der Waals surface area contributed by atoms with Crippen LogP contribution in [0.2, 0.25) is 5.02 Å². The van der Waals surface area contributed by atoms with Crippen LogP contribution in [0.1, 0.15) is 10.4 Å². The molecule has 24 heavy (non-hydrogen) atoms. The van der Waals surface area contributed by atoms with Gasteiger partial charge in [-0.15, -0.1) is 11.3 Å². The first-order chi connectivity index (χ1) is 11.6. The minimum Gasteiger partial charge on any atom is -0.301 e. The van der Waals surface area contributed by atoms with Crippen molar-refractivity contribution in [3.63, 3.8) is 0 Å². The van der Waals surface area contributed by atoms with Crippen LogP contribution >= 0.6 is 22.9 Å². The lowest BCUT2D eigenvalue weighted by Gasteiger charge is -2.21. The van der Waals surface area contributed by atoms with Gasteiger partial charge in [0.15, 0.2) is 0 Å². The first kappa shape index (κ1) is 15.6. The van der Waals surface area contributed by atoms with Crippen molar-refractivity contribution >= 4 is 39.1 Å². The zero-order valence-corrected chi connectivity index (χ0v) is 14.6. The molecule has 3 aromatic rings. The van der Waals surface area contributed by atoms with E-state index in [0.29, 0.717) is 22.0 Å². The second kappa shape index (κ2) is 5.86. The van der Waals surface area contributed by atoms with Crippen molar-refractivity contribution in [3.05, 3.63) is 50.1 Å². The standard InChI is InChI=1S/C16H16ClN5OS/c1-21-6-5-11-12(8-21)24-14-13(11)15(23)22(16(19-14)20-18)10-4-2-3-9(17)7-10/h2-4,7H,5-6,8,18H2,1H3,(H,19,20). The lowest BCUT2D eigenvalue weighted by molar-refractivity contribution is 0.318. The van der Waals surface area contributed by atoms with Crippen LogP contribution in [0.4, 0.5) is 5.95 Å². The summed E-state index contributed by atoms with van der Waals surface area (Å²) in [6.07, 6.45) is 0.855. The number of nitrogens with zero attached hydrogens (tertiary/aromatic N) is 3. The van der Waals surface area contributed by atoms with Gasteiger partial charge in [0.1, 0.15) is 4.83 Å². The highest BCUT2D eigenvalue weighted by Gasteiger charge is 2.24. The molecule has 0 fully saturated rings. The fraction of sp³-hybridized carbons (Fsp3) is 0.250. The third-order valence-electron chi connectivity index (χ3n) is 4.26. The normalized spacial score (nSPS) is 14.8. The molecule has 0 spiro atoms. The van der Waals surface area contributed by atoms with Gasteiger partial charge in [-0.3, -0.25) is 10.2 Å². The number of nitrogens with one attached hydrogen (secondary N) is 1. The van der Waals surface area contributed by atoms with E-state index in [2.05, 4.69) is 22.4 Å². The van der Waals surface area contributed by atoms with Crippen LogP contribution in [0, 0.1) is 0 Å². The topological polar surface area (TPSA) is 76.2 Å². The van der Waals surface area contributed by atoms with Gasteiger partial charge in [0.25, 0.3) is 5.56 Å². The average molecular weight is 362 g/mol. The lowest BCUT2D eigenvalue weighted by Crippen LogP contribution is -2.28. The van der Waals surface area contributed by atoms with E-state index in [1.54, 1.807) is 29.5 Å². The molecule has 0 atom stereocenters. The van der Waals surface area contributed by atoms with Crippen LogP contribution < -0.4 is 16.8 Å². The van der Waals surface area contributed by atoms with Crippen LogP contribution in [-0.4, -0.2) is 28.0 Å². The summed E-state index contributed by atoms with van der Waals surface area (Å²) in [6.45, 7) is 1.78. The number of likely N-dealkylation sites (N-methyl/N-ethyl adjacent to an activating group) is 1. The van der Waals surface area contributed by atoms with Crippen molar-refractivity contribution in [3.8, 4) is 5.69 Å². The SMILES string of the molecule is CN1CCc2c(sc3nc(NN)n(-c4cccc(Cl)c4)c(=O)c23)C1. The summed E-state index contributed by atoms with van der Waals surface area (Å²) in [4.78, 5) is 22.0. The fourth-order valence-corrected chi connectivity index (χ4v) is 4.60. The monoisotopic (exact) mass is 361 g/mol. The summed E-state index contributed by atoms with van der Waals surface area (Å²) < 4.78 is 1.49. The largest absolute Gasteiger partial charge is 0.301 e. The van der Waals surface area contributed by atoms with E-state index >= 15 is 0 Å². The van der Waals surface area contributed by atoms with Gasteiger partial charge in [-0.1, -0.05) is 17.7 Å². The van der Waals surface area contributed by atoms with E-state index in [0.717, 1.165) is 29.9 Å². The molecular formula is C16H16ClN5OS. The van der Waals surface area contributed by atoms with Gasteiger partial charge in [0.05, 0.1) is 11.1 Å². The molecule has 124 valence electrons. The summed E-state index contributed by atoms with van der Waals surface area (Å²) in [5, 5.41) is 1.25. The second-order valence-corrected chi connectivity index (χ2v) is 7.39. The number of halogens is 1. The summed E-state index contributed by atoms with van der Waals surface area (Å²) in [6, 6.07) is 7.10. The Bertz CT molecular complexity index is 996. The number of benzene rings is 1. The quantitative estimate of drug-likeness (QED) is 0.541. The number of hydrogen-bond donors (Lipinski definition) is 2. The van der Waals surface area contributed by atoms with E-state index < -0.39 is 0 Å². The predicted molar refractivity (Wildman–Crippen MR) is 98.1 cm³/mol. The van der Waals surface area contributed by atoms with E-state index in [4.69, 9.17) is 17.4 Å². The highest BCUT2D eigenvalue weighted by molar-refractivity contribution is 7.18. The Morgan fingerprint density at radius 2 is 2.25 bits per heavy atom. The summed E-state index contributed by atoms with van der Waals surface area (Å²) in [5.41, 5.74) is 4.18. The Morgan fingerprint density at radius 1 is 1.42 bits per heavy atom. The smallest absolute Gasteiger partial charge is 0.268 e. The maximum Gasteiger partial charge on any atom is 0.268 e. The molecule has 0 saturated carbocycles. The Morgan fingerprint density at radius 3 is 3.00 bits per heavy atom. The molecule has 4 rings (SSSR count). The lowest BCUT2D eigenvalue weighted by atomic mass is 10.1. The minimum absolute atomic E-state index is 0.114. The number of anilines is 1. The molecule has 0 unspecified atom stereocenters. The van der Waals surface area contributed by atoms with E-state index in [1.807, 2.05) is 6.07 Å². The molecule has 0 bridgehead atoms. The molecule has 3 heterocycles. The van der Waals surface area contributed by atoms with Crippen LogP contribution in [-0.2, 0) is 13.0 Å². The first-order valence-electron chi connectivity index (χ1n) is 7.57. The Hall–Kier alpha value is -1.93. The van der Waals surface area contributed by atoms with Gasteiger partial charge in [0.2, 0.25) is 5.95 Å². The number of thiophene rings is 1. The van der Waals surface area contributed by atoms with Gasteiger partial charge >= 0.3 is 0 Å². The van der Waals surface area contributed by atoms with Crippen molar-refractivity contribution in [2.24, 2.45) is 5.84 Å². The molecule has 1 aromatic carbocycles. The van der Waals surface area contributed by atoms with Crippen LogP contribution in [0.3, 0.4) is 0 Å². The number of nitrogen functional groups attached to an aromatic ring is 1. The van der Waals surface area contributed by atoms with Crippen LogP contribution in [0.25, 0.3) is 15.9 Å². The minimum atomic E-state index is -0.114. The third-order valence-corrected chi connectivity index (χ3v) is 5.61. The van der Waals surface area contributed by atoms with Gasteiger partial charge < -0.3 is 4.90 Å². The van der Waals surface area contributed by atoms with Gasteiger partial charge in [-0.2, -0.15) is 0 Å². The molecule has 0 saturated heterocycles. The first-order valence-corrected chi connectivity index (χ1v) is 8.76. The second-order valence-electron chi connectivity index (χ2n) is 5.87. The molecule has 3 N–H and O–H groups in total. The van der Waals surface area contributed by atoms with Crippen LogP contribution in [0.15, 0.2) is 29.1 Å². The highest BCUT2D eigenvalue weighted by Crippen LogP contribution is 2.33. The van der Waals surface area contributed by atoms with Gasteiger partial charge in [0, 0.05) is 23.0 Å². The fourth-order valence-electron chi connectivity index (χ4n) is 3.12. The van der Waals surface area contributed by atoms with Crippen molar-refractivity contribution in [1.29, 1.82) is 0 Å². The Kier molecular flexibility index (Phi) is 3.80. The van der Waals surface area contributed by atoms with Crippen molar-refractivity contribution < 1.29 is 0 Å². The number of nitrogens with two attached hydrogens (primary N) is 1. The molecule has 0 amide bonds. The maximum atomic E-state index is 13.2. The van der Waals surface area contributed by atoms with Gasteiger partial charge in [-0.25, -0.2) is 15.4 Å². The average Bonchev–Trinajstić information content (AvgIpc) is 2.91. The molecule has 8 heteroatoms.